The van der Waals surface area contributed by atoms with Crippen molar-refractivity contribution in [1.82, 2.24) is 9.55 Å². The molecule has 2 aromatic rings. The van der Waals surface area contributed by atoms with Crippen LogP contribution in [-0.4, -0.2) is 34.6 Å². The minimum absolute atomic E-state index is 0.207. The summed E-state index contributed by atoms with van der Waals surface area (Å²) in [4.78, 5) is 21.0. The molecule has 0 N–H and O–H groups in total. The molecule has 172 valence electrons. The van der Waals surface area contributed by atoms with Crippen LogP contribution >= 0.6 is 0 Å². The van der Waals surface area contributed by atoms with E-state index in [1.54, 1.807) is 18.6 Å². The van der Waals surface area contributed by atoms with Crippen molar-refractivity contribution in [3.63, 3.8) is 0 Å². The van der Waals surface area contributed by atoms with Crippen LogP contribution in [0.1, 0.15) is 56.6 Å². The molecule has 7 rings (SSSR count). The molecule has 7 nitrogen and oxygen atoms in total. The van der Waals surface area contributed by atoms with E-state index in [2.05, 4.69) is 15.0 Å². The molecule has 3 atom stereocenters. The van der Waals surface area contributed by atoms with Gasteiger partial charge in [-0.1, -0.05) is 17.2 Å². The number of aromatic nitrogens is 2. The number of ketones is 1. The third kappa shape index (κ3) is 3.30. The second-order valence-electron chi connectivity index (χ2n) is 10.4. The largest absolute Gasteiger partial charge is 0.378 e. The molecular weight excluding hydrogens is 421 g/mol. The minimum atomic E-state index is -0.313. The topological polar surface area (TPSA) is 92.9 Å². The zero-order valence-electron chi connectivity index (χ0n) is 18.6. The quantitative estimate of drug-likeness (QED) is 0.232. The number of imidazole rings is 1. The summed E-state index contributed by atoms with van der Waals surface area (Å²) in [6.45, 7) is 1.06. The molecule has 0 radical (unpaired) electrons. The molecule has 1 aromatic carbocycles. The molecule has 0 spiro atoms. The van der Waals surface area contributed by atoms with E-state index in [1.807, 2.05) is 10.6 Å². The number of hydrogen-bond acceptors (Lipinski definition) is 4. The number of ether oxygens (including phenoxy) is 1. The SMILES string of the molecule is [N-]=[N+]=NCCCOC1C2CC3CC1CC(C(=O)CC1c4c(F)cccc4-c4cncn41)(C3)C2. The Bertz CT molecular complexity index is 1120. The fourth-order valence-corrected chi connectivity index (χ4v) is 7.58. The van der Waals surface area contributed by atoms with E-state index >= 15 is 0 Å². The van der Waals surface area contributed by atoms with Gasteiger partial charge in [0, 0.05) is 41.0 Å². The summed E-state index contributed by atoms with van der Waals surface area (Å²) in [5.74, 6) is 1.45. The Morgan fingerprint density at radius 2 is 2.12 bits per heavy atom. The maximum atomic E-state index is 14.9. The number of carbonyl (C=O) groups is 1. The molecule has 1 aliphatic heterocycles. The van der Waals surface area contributed by atoms with E-state index in [9.17, 15) is 9.18 Å². The lowest BCUT2D eigenvalue weighted by Crippen LogP contribution is -2.57. The van der Waals surface area contributed by atoms with Crippen molar-refractivity contribution in [1.29, 1.82) is 0 Å². The number of azide groups is 1. The van der Waals surface area contributed by atoms with E-state index in [0.717, 1.165) is 49.8 Å². The predicted octanol–water partition coefficient (Wildman–Crippen LogP) is 5.46. The van der Waals surface area contributed by atoms with E-state index < -0.39 is 0 Å². The number of hydrogen-bond donors (Lipinski definition) is 0. The molecule has 4 saturated carbocycles. The summed E-state index contributed by atoms with van der Waals surface area (Å²) < 4.78 is 23.1. The van der Waals surface area contributed by atoms with Gasteiger partial charge in [0.1, 0.15) is 11.6 Å². The molecule has 5 aliphatic rings. The van der Waals surface area contributed by atoms with Crippen LogP contribution in [0.3, 0.4) is 0 Å². The first-order valence-electron chi connectivity index (χ1n) is 12.1. The van der Waals surface area contributed by atoms with Gasteiger partial charge in [-0.25, -0.2) is 9.37 Å². The zero-order chi connectivity index (χ0) is 22.6. The Labute approximate surface area is 192 Å². The third-order valence-corrected chi connectivity index (χ3v) is 8.60. The number of rotatable bonds is 8. The lowest BCUT2D eigenvalue weighted by molar-refractivity contribution is -0.172. The van der Waals surface area contributed by atoms with Crippen LogP contribution in [-0.2, 0) is 9.53 Å². The second-order valence-corrected chi connectivity index (χ2v) is 10.4. The van der Waals surface area contributed by atoms with Crippen LogP contribution in [0, 0.1) is 29.0 Å². The average Bonchev–Trinajstić information content (AvgIpc) is 3.38. The molecular formula is C25H28FN5O2. The van der Waals surface area contributed by atoms with Crippen LogP contribution in [0.5, 0.6) is 0 Å². The Balaban J connectivity index is 1.20. The van der Waals surface area contributed by atoms with Crippen molar-refractivity contribution >= 4 is 5.78 Å². The summed E-state index contributed by atoms with van der Waals surface area (Å²) in [5, 5.41) is 3.59. The molecule has 3 unspecified atom stereocenters. The standard InChI is InChI=1S/C25H28FN5O2/c26-19-4-1-3-18-21-13-28-14-31(21)20(23(18)19)9-22(32)25-10-15-7-16(11-25)24(17(8-15)12-25)33-6-2-5-29-30-27/h1,3-4,13-17,20,24H,2,5-12H2. The van der Waals surface area contributed by atoms with Gasteiger partial charge < -0.3 is 9.30 Å². The Morgan fingerprint density at radius 3 is 2.91 bits per heavy atom. The third-order valence-electron chi connectivity index (χ3n) is 8.60. The van der Waals surface area contributed by atoms with Crippen molar-refractivity contribution < 1.29 is 13.9 Å². The lowest BCUT2D eigenvalue weighted by Gasteiger charge is -2.59. The van der Waals surface area contributed by atoms with Crippen molar-refractivity contribution in [2.75, 3.05) is 13.2 Å². The Hall–Kier alpha value is -2.70. The number of carbonyl (C=O) groups excluding carboxylic acids is 1. The highest BCUT2D eigenvalue weighted by Crippen LogP contribution is 2.62. The molecule has 4 fully saturated rings. The van der Waals surface area contributed by atoms with Gasteiger partial charge in [-0.05, 0) is 67.9 Å². The van der Waals surface area contributed by atoms with E-state index in [1.165, 1.54) is 6.07 Å². The number of benzene rings is 1. The number of nitrogens with zero attached hydrogens (tertiary/aromatic N) is 5. The maximum absolute atomic E-state index is 14.9. The fraction of sp³-hybridized carbons (Fsp3) is 0.600. The predicted molar refractivity (Wildman–Crippen MR) is 120 cm³/mol. The van der Waals surface area contributed by atoms with Crippen LogP contribution in [0.25, 0.3) is 21.7 Å². The average molecular weight is 450 g/mol. The van der Waals surface area contributed by atoms with Crippen molar-refractivity contribution in [3.8, 4) is 11.3 Å². The van der Waals surface area contributed by atoms with Crippen LogP contribution in [0.15, 0.2) is 35.8 Å². The number of fused-ring (bicyclic) bond motifs is 3. The first-order chi connectivity index (χ1) is 16.1. The van der Waals surface area contributed by atoms with E-state index in [-0.39, 0.29) is 29.2 Å². The molecule has 4 bridgehead atoms. The highest BCUT2D eigenvalue weighted by atomic mass is 19.1. The van der Waals surface area contributed by atoms with Gasteiger partial charge in [0.15, 0.2) is 0 Å². The summed E-state index contributed by atoms with van der Waals surface area (Å²) in [6.07, 6.45) is 9.76. The van der Waals surface area contributed by atoms with Gasteiger partial charge in [0.25, 0.3) is 0 Å². The molecule has 33 heavy (non-hydrogen) atoms. The highest BCUT2D eigenvalue weighted by molar-refractivity contribution is 5.87. The van der Waals surface area contributed by atoms with Crippen LogP contribution < -0.4 is 0 Å². The van der Waals surface area contributed by atoms with Gasteiger partial charge in [0.2, 0.25) is 0 Å². The summed E-state index contributed by atoms with van der Waals surface area (Å²) in [5.41, 5.74) is 10.5. The molecule has 0 saturated heterocycles. The zero-order valence-corrected chi connectivity index (χ0v) is 18.6. The maximum Gasteiger partial charge on any atom is 0.141 e. The number of halogens is 1. The first-order valence-corrected chi connectivity index (χ1v) is 12.1. The van der Waals surface area contributed by atoms with Crippen molar-refractivity contribution in [3.05, 3.63) is 52.5 Å². The Kier molecular flexibility index (Phi) is 5.03. The summed E-state index contributed by atoms with van der Waals surface area (Å²) in [6, 6.07) is 4.82. The van der Waals surface area contributed by atoms with Gasteiger partial charge in [0.05, 0.1) is 30.4 Å². The van der Waals surface area contributed by atoms with Gasteiger partial charge >= 0.3 is 0 Å². The first kappa shape index (κ1) is 20.9. The monoisotopic (exact) mass is 449 g/mol. The van der Waals surface area contributed by atoms with Gasteiger partial charge in [-0.2, -0.15) is 0 Å². The van der Waals surface area contributed by atoms with Crippen molar-refractivity contribution in [2.45, 2.75) is 57.1 Å². The number of Topliss-reactive ketones (excluding diaryl/α,β-unsaturated/α-hetero) is 1. The molecule has 1 aromatic heterocycles. The fourth-order valence-electron chi connectivity index (χ4n) is 7.58. The highest BCUT2D eigenvalue weighted by Gasteiger charge is 2.58. The normalized spacial score (nSPS) is 32.9. The lowest BCUT2D eigenvalue weighted by atomic mass is 9.47. The van der Waals surface area contributed by atoms with Crippen molar-refractivity contribution in [2.24, 2.45) is 28.3 Å². The molecule has 2 heterocycles. The minimum Gasteiger partial charge on any atom is -0.378 e. The van der Waals surface area contributed by atoms with E-state index in [4.69, 9.17) is 10.3 Å². The summed E-state index contributed by atoms with van der Waals surface area (Å²) in [7, 11) is 0. The smallest absolute Gasteiger partial charge is 0.141 e. The van der Waals surface area contributed by atoms with Crippen LogP contribution in [0.2, 0.25) is 0 Å². The van der Waals surface area contributed by atoms with Crippen LogP contribution in [0.4, 0.5) is 4.39 Å². The molecule has 0 amide bonds. The van der Waals surface area contributed by atoms with E-state index in [0.29, 0.717) is 42.9 Å². The van der Waals surface area contributed by atoms with Gasteiger partial charge in [-0.3, -0.25) is 4.79 Å². The molecule has 4 aliphatic carbocycles. The van der Waals surface area contributed by atoms with Gasteiger partial charge in [-0.15, -0.1) is 0 Å². The summed E-state index contributed by atoms with van der Waals surface area (Å²) >= 11 is 0. The second kappa shape index (κ2) is 7.96. The Morgan fingerprint density at radius 1 is 1.30 bits per heavy atom. The molecule has 8 heteroatoms.